The molecular formula is C14H17NO3S. The fraction of sp³-hybridized carbons (Fsp3) is 0.429. The summed E-state index contributed by atoms with van der Waals surface area (Å²) in [6, 6.07) is 5.70. The van der Waals surface area contributed by atoms with E-state index < -0.39 is 0 Å². The van der Waals surface area contributed by atoms with Crippen LogP contribution in [0.4, 0.5) is 5.69 Å². The smallest absolute Gasteiger partial charge is 0.247 e. The van der Waals surface area contributed by atoms with Crippen molar-refractivity contribution in [3.05, 3.63) is 29.3 Å². The Morgan fingerprint density at radius 1 is 1.26 bits per heavy atom. The highest BCUT2D eigenvalue weighted by Gasteiger charge is 2.39. The second-order valence-electron chi connectivity index (χ2n) is 4.70. The Morgan fingerprint density at radius 3 is 2.47 bits per heavy atom. The number of rotatable bonds is 4. The maximum atomic E-state index is 12.2. The summed E-state index contributed by atoms with van der Waals surface area (Å²) < 4.78 is 0. The summed E-state index contributed by atoms with van der Waals surface area (Å²) in [4.78, 5) is 25.5. The molecule has 0 spiro atoms. The third-order valence-electron chi connectivity index (χ3n) is 2.98. The van der Waals surface area contributed by atoms with Crippen LogP contribution >= 0.6 is 11.8 Å². The molecule has 1 aliphatic rings. The number of thioether (sulfide) groups is 1. The number of carbonyl (C=O) groups excluding carboxylic acids is 2. The number of hydrogen-bond donors (Lipinski definition) is 1. The van der Waals surface area contributed by atoms with Gasteiger partial charge in [0.05, 0.1) is 17.5 Å². The van der Waals surface area contributed by atoms with Crippen molar-refractivity contribution in [2.75, 3.05) is 17.3 Å². The number of aliphatic hydroxyl groups excluding tert-OH is 1. The number of nitrogens with zero attached hydrogens (tertiary/aromatic N) is 1. The number of carbonyl (C=O) groups is 2. The van der Waals surface area contributed by atoms with E-state index in [9.17, 15) is 9.59 Å². The quantitative estimate of drug-likeness (QED) is 0.852. The van der Waals surface area contributed by atoms with E-state index in [4.69, 9.17) is 5.11 Å². The van der Waals surface area contributed by atoms with Gasteiger partial charge in [-0.25, -0.2) is 4.90 Å². The van der Waals surface area contributed by atoms with Gasteiger partial charge in [-0.2, -0.15) is 0 Å². The number of amides is 2. The third-order valence-corrected chi connectivity index (χ3v) is 4.17. The van der Waals surface area contributed by atoms with Gasteiger partial charge in [0.2, 0.25) is 11.8 Å². The molecule has 0 radical (unpaired) electrons. The summed E-state index contributed by atoms with van der Waals surface area (Å²) in [7, 11) is 0. The molecule has 19 heavy (non-hydrogen) atoms. The van der Waals surface area contributed by atoms with Gasteiger partial charge in [-0.15, -0.1) is 11.8 Å². The van der Waals surface area contributed by atoms with Gasteiger partial charge in [0.15, 0.2) is 0 Å². The van der Waals surface area contributed by atoms with Crippen molar-refractivity contribution in [2.45, 2.75) is 25.5 Å². The first kappa shape index (κ1) is 14.1. The monoisotopic (exact) mass is 279 g/mol. The normalized spacial score (nSPS) is 19.3. The van der Waals surface area contributed by atoms with Gasteiger partial charge in [0, 0.05) is 12.2 Å². The Balaban J connectivity index is 2.24. The van der Waals surface area contributed by atoms with E-state index in [0.29, 0.717) is 11.4 Å². The number of imide groups is 1. The lowest BCUT2D eigenvalue weighted by molar-refractivity contribution is -0.121. The fourth-order valence-electron chi connectivity index (χ4n) is 2.28. The maximum absolute atomic E-state index is 12.2. The molecule has 0 bridgehead atoms. The number of hydrogen-bond acceptors (Lipinski definition) is 4. The topological polar surface area (TPSA) is 57.6 Å². The standard InChI is InChI=1S/C14H17NO3S/c1-9-5-10(2)7-11(6-9)15-13(17)8-12(14(15)18)19-4-3-16/h5-7,12,16H,3-4,8H2,1-2H3. The molecule has 1 unspecified atom stereocenters. The van der Waals surface area contributed by atoms with Crippen molar-refractivity contribution in [1.82, 2.24) is 0 Å². The van der Waals surface area contributed by atoms with Crippen molar-refractivity contribution in [3.63, 3.8) is 0 Å². The van der Waals surface area contributed by atoms with Crippen LogP contribution in [0.3, 0.4) is 0 Å². The molecule has 1 aromatic carbocycles. The van der Waals surface area contributed by atoms with Gasteiger partial charge >= 0.3 is 0 Å². The first-order valence-electron chi connectivity index (χ1n) is 6.20. The highest BCUT2D eigenvalue weighted by molar-refractivity contribution is 8.00. The maximum Gasteiger partial charge on any atom is 0.247 e. The summed E-state index contributed by atoms with van der Waals surface area (Å²) in [5.41, 5.74) is 2.71. The van der Waals surface area contributed by atoms with Crippen molar-refractivity contribution >= 4 is 29.3 Å². The minimum absolute atomic E-state index is 0.0200. The van der Waals surface area contributed by atoms with E-state index in [1.807, 2.05) is 32.0 Å². The van der Waals surface area contributed by atoms with Crippen LogP contribution in [0, 0.1) is 13.8 Å². The van der Waals surface area contributed by atoms with Crippen LogP contribution in [0.5, 0.6) is 0 Å². The molecule has 1 fully saturated rings. The zero-order chi connectivity index (χ0) is 14.0. The molecule has 2 rings (SSSR count). The zero-order valence-corrected chi connectivity index (χ0v) is 11.9. The van der Waals surface area contributed by atoms with Crippen LogP contribution in [-0.4, -0.2) is 34.5 Å². The van der Waals surface area contributed by atoms with Gasteiger partial charge in [0.25, 0.3) is 0 Å². The SMILES string of the molecule is Cc1cc(C)cc(N2C(=O)CC(SCCO)C2=O)c1. The number of aliphatic hydroxyl groups is 1. The summed E-state index contributed by atoms with van der Waals surface area (Å²) in [6.07, 6.45) is 0.219. The molecular weight excluding hydrogens is 262 g/mol. The zero-order valence-electron chi connectivity index (χ0n) is 11.0. The summed E-state index contributed by atoms with van der Waals surface area (Å²) >= 11 is 1.34. The van der Waals surface area contributed by atoms with Crippen LogP contribution in [0.15, 0.2) is 18.2 Å². The van der Waals surface area contributed by atoms with Crippen molar-refractivity contribution in [3.8, 4) is 0 Å². The predicted molar refractivity (Wildman–Crippen MR) is 76.4 cm³/mol. The molecule has 4 nitrogen and oxygen atoms in total. The van der Waals surface area contributed by atoms with Crippen LogP contribution in [-0.2, 0) is 9.59 Å². The Bertz CT molecular complexity index is 495. The van der Waals surface area contributed by atoms with Crippen LogP contribution in [0.2, 0.25) is 0 Å². The van der Waals surface area contributed by atoms with Crippen LogP contribution in [0.1, 0.15) is 17.5 Å². The lowest BCUT2D eigenvalue weighted by Crippen LogP contribution is -2.31. The molecule has 1 saturated heterocycles. The van der Waals surface area contributed by atoms with E-state index in [0.717, 1.165) is 11.1 Å². The van der Waals surface area contributed by atoms with E-state index in [1.54, 1.807) is 0 Å². The van der Waals surface area contributed by atoms with Gasteiger partial charge in [-0.3, -0.25) is 9.59 Å². The number of anilines is 1. The van der Waals surface area contributed by atoms with Crippen molar-refractivity contribution in [1.29, 1.82) is 0 Å². The van der Waals surface area contributed by atoms with Crippen LogP contribution < -0.4 is 4.90 Å². The molecule has 1 atom stereocenters. The average Bonchev–Trinajstić information content (AvgIpc) is 2.60. The molecule has 0 aromatic heterocycles. The van der Waals surface area contributed by atoms with Gasteiger partial charge in [0.1, 0.15) is 0 Å². The van der Waals surface area contributed by atoms with Gasteiger partial charge < -0.3 is 5.11 Å². The highest BCUT2D eigenvalue weighted by Crippen LogP contribution is 2.30. The molecule has 2 amide bonds. The van der Waals surface area contributed by atoms with Crippen LogP contribution in [0.25, 0.3) is 0 Å². The molecule has 102 valence electrons. The Hall–Kier alpha value is -1.33. The van der Waals surface area contributed by atoms with E-state index in [-0.39, 0.29) is 30.1 Å². The van der Waals surface area contributed by atoms with E-state index in [2.05, 4.69) is 0 Å². The molecule has 1 aromatic rings. The Labute approximate surface area is 116 Å². The lowest BCUT2D eigenvalue weighted by Gasteiger charge is -2.16. The van der Waals surface area contributed by atoms with Gasteiger partial charge in [-0.05, 0) is 37.1 Å². The molecule has 0 saturated carbocycles. The molecule has 1 N–H and O–H groups in total. The first-order valence-corrected chi connectivity index (χ1v) is 7.25. The number of aryl methyl sites for hydroxylation is 2. The third kappa shape index (κ3) is 2.98. The summed E-state index contributed by atoms with van der Waals surface area (Å²) in [5, 5.41) is 8.44. The predicted octanol–water partition coefficient (Wildman–Crippen LogP) is 1.66. The van der Waals surface area contributed by atoms with E-state index >= 15 is 0 Å². The molecule has 1 aliphatic heterocycles. The van der Waals surface area contributed by atoms with Crippen molar-refractivity contribution < 1.29 is 14.7 Å². The fourth-order valence-corrected chi connectivity index (χ4v) is 3.18. The lowest BCUT2D eigenvalue weighted by atomic mass is 10.1. The Morgan fingerprint density at radius 2 is 1.89 bits per heavy atom. The molecule has 0 aliphatic carbocycles. The molecule has 5 heteroatoms. The highest BCUT2D eigenvalue weighted by atomic mass is 32.2. The largest absolute Gasteiger partial charge is 0.396 e. The Kier molecular flexibility index (Phi) is 4.27. The number of benzene rings is 1. The second-order valence-corrected chi connectivity index (χ2v) is 6.01. The summed E-state index contributed by atoms with van der Waals surface area (Å²) in [6.45, 7) is 3.91. The molecule has 1 heterocycles. The second kappa shape index (κ2) is 5.75. The summed E-state index contributed by atoms with van der Waals surface area (Å²) in [5.74, 6) is 0.142. The average molecular weight is 279 g/mol. The van der Waals surface area contributed by atoms with Gasteiger partial charge in [-0.1, -0.05) is 6.07 Å². The first-order chi connectivity index (χ1) is 9.02. The minimum Gasteiger partial charge on any atom is -0.396 e. The minimum atomic E-state index is -0.361. The van der Waals surface area contributed by atoms with E-state index in [1.165, 1.54) is 16.7 Å². The van der Waals surface area contributed by atoms with Crippen molar-refractivity contribution in [2.24, 2.45) is 0 Å².